The van der Waals surface area contributed by atoms with Crippen molar-refractivity contribution < 1.29 is 17.9 Å². The number of halogens is 3. The molecule has 4 rings (SSSR count). The van der Waals surface area contributed by atoms with Crippen LogP contribution in [0.15, 0.2) is 41.2 Å². The molecule has 0 saturated heterocycles. The fourth-order valence-electron chi connectivity index (χ4n) is 3.68. The van der Waals surface area contributed by atoms with Crippen molar-refractivity contribution in [2.24, 2.45) is 0 Å². The van der Waals surface area contributed by atoms with E-state index in [9.17, 15) is 18.0 Å². The van der Waals surface area contributed by atoms with Gasteiger partial charge in [-0.2, -0.15) is 13.2 Å². The summed E-state index contributed by atoms with van der Waals surface area (Å²) >= 11 is 0. The van der Waals surface area contributed by atoms with Crippen LogP contribution >= 0.6 is 0 Å². The van der Waals surface area contributed by atoms with Crippen LogP contribution < -0.4 is 16.2 Å². The first-order valence-electron chi connectivity index (χ1n) is 10.0. The number of aromatic nitrogens is 5. The number of pyridine rings is 1. The van der Waals surface area contributed by atoms with Gasteiger partial charge in [0, 0.05) is 17.0 Å². The van der Waals surface area contributed by atoms with Gasteiger partial charge in [0.15, 0.2) is 5.65 Å². The lowest BCUT2D eigenvalue weighted by Gasteiger charge is -2.13. The highest BCUT2D eigenvalue weighted by Gasteiger charge is 2.28. The standard InChI is InChI=1S/C22H21F3N6O2/c1-12-10-15(11-13(2)27-12)17-18(14-4-6-16(33-3)7-5-14)28-20(26)31-19(17)29-30(21(31)32)9-8-22(23,24)25/h4-7,10-11H,8-9H2,1-3H3,(H2,26,28). The van der Waals surface area contributed by atoms with E-state index < -0.39 is 24.8 Å². The summed E-state index contributed by atoms with van der Waals surface area (Å²) in [5.41, 5.74) is 9.09. The molecular weight excluding hydrogens is 437 g/mol. The Hall–Kier alpha value is -3.89. The predicted octanol–water partition coefficient (Wildman–Crippen LogP) is 3.78. The minimum Gasteiger partial charge on any atom is -0.497 e. The first-order valence-corrected chi connectivity index (χ1v) is 10.0. The van der Waals surface area contributed by atoms with Gasteiger partial charge in [0.1, 0.15) is 5.75 Å². The number of hydrogen-bond acceptors (Lipinski definition) is 6. The van der Waals surface area contributed by atoms with E-state index in [-0.39, 0.29) is 11.6 Å². The Morgan fingerprint density at radius 1 is 1.03 bits per heavy atom. The van der Waals surface area contributed by atoms with Gasteiger partial charge in [-0.05, 0) is 55.8 Å². The van der Waals surface area contributed by atoms with Gasteiger partial charge < -0.3 is 10.5 Å². The summed E-state index contributed by atoms with van der Waals surface area (Å²) in [5, 5.41) is 4.23. The summed E-state index contributed by atoms with van der Waals surface area (Å²) in [6.07, 6.45) is -5.63. The Labute approximate surface area is 186 Å². The van der Waals surface area contributed by atoms with Crippen molar-refractivity contribution >= 4 is 11.6 Å². The molecule has 0 radical (unpaired) electrons. The van der Waals surface area contributed by atoms with E-state index in [4.69, 9.17) is 10.5 Å². The molecule has 0 bridgehead atoms. The molecule has 0 saturated carbocycles. The van der Waals surface area contributed by atoms with Crippen LogP contribution in [0.5, 0.6) is 5.75 Å². The van der Waals surface area contributed by atoms with E-state index in [1.54, 1.807) is 43.5 Å². The largest absolute Gasteiger partial charge is 0.497 e. The van der Waals surface area contributed by atoms with Gasteiger partial charge in [-0.3, -0.25) is 4.98 Å². The highest BCUT2D eigenvalue weighted by molar-refractivity contribution is 5.90. The zero-order valence-electron chi connectivity index (χ0n) is 18.1. The number of ether oxygens (including phenoxy) is 1. The Kier molecular flexibility index (Phi) is 5.56. The maximum Gasteiger partial charge on any atom is 0.390 e. The fourth-order valence-corrected chi connectivity index (χ4v) is 3.68. The Morgan fingerprint density at radius 2 is 1.67 bits per heavy atom. The van der Waals surface area contributed by atoms with E-state index in [1.165, 1.54) is 0 Å². The van der Waals surface area contributed by atoms with Gasteiger partial charge in [-0.15, -0.1) is 5.10 Å². The lowest BCUT2D eigenvalue weighted by Crippen LogP contribution is -2.25. The van der Waals surface area contributed by atoms with Crippen LogP contribution in [-0.2, 0) is 6.54 Å². The number of rotatable bonds is 5. The predicted molar refractivity (Wildman–Crippen MR) is 117 cm³/mol. The molecule has 8 nitrogen and oxygen atoms in total. The number of hydrogen-bond donors (Lipinski definition) is 1. The monoisotopic (exact) mass is 458 g/mol. The van der Waals surface area contributed by atoms with E-state index in [0.717, 1.165) is 20.5 Å². The van der Waals surface area contributed by atoms with Gasteiger partial charge >= 0.3 is 11.9 Å². The second-order valence-corrected chi connectivity index (χ2v) is 7.59. The number of nitrogens with zero attached hydrogens (tertiary/aromatic N) is 5. The molecule has 33 heavy (non-hydrogen) atoms. The highest BCUT2D eigenvalue weighted by atomic mass is 19.4. The van der Waals surface area contributed by atoms with Crippen LogP contribution in [0.3, 0.4) is 0 Å². The lowest BCUT2D eigenvalue weighted by molar-refractivity contribution is -0.137. The zero-order chi connectivity index (χ0) is 23.9. The molecule has 0 aliphatic rings. The first-order chi connectivity index (χ1) is 15.6. The molecule has 4 aromatic rings. The maximum atomic E-state index is 12.9. The molecule has 1 aromatic carbocycles. The van der Waals surface area contributed by atoms with Crippen molar-refractivity contribution in [1.29, 1.82) is 0 Å². The third kappa shape index (κ3) is 4.38. The van der Waals surface area contributed by atoms with Gasteiger partial charge in [0.2, 0.25) is 5.95 Å². The van der Waals surface area contributed by atoms with Gasteiger partial charge in [0.25, 0.3) is 0 Å². The second kappa shape index (κ2) is 8.23. The quantitative estimate of drug-likeness (QED) is 0.489. The third-order valence-corrected chi connectivity index (χ3v) is 5.10. The molecule has 0 fully saturated rings. The molecule has 0 spiro atoms. The SMILES string of the molecule is COc1ccc(-c2nc(N)n3c(=O)n(CCC(F)(F)F)nc3c2-c2cc(C)nc(C)c2)cc1. The molecule has 0 amide bonds. The number of alkyl halides is 3. The van der Waals surface area contributed by atoms with Crippen LogP contribution in [0.4, 0.5) is 19.1 Å². The van der Waals surface area contributed by atoms with Crippen LogP contribution in [0, 0.1) is 13.8 Å². The number of anilines is 1. The van der Waals surface area contributed by atoms with E-state index in [2.05, 4.69) is 15.1 Å². The minimum absolute atomic E-state index is 0.116. The Morgan fingerprint density at radius 3 is 2.24 bits per heavy atom. The number of methoxy groups -OCH3 is 1. The van der Waals surface area contributed by atoms with Crippen molar-refractivity contribution in [3.05, 3.63) is 58.3 Å². The van der Waals surface area contributed by atoms with E-state index in [1.807, 2.05) is 13.8 Å². The van der Waals surface area contributed by atoms with E-state index in [0.29, 0.717) is 28.1 Å². The van der Waals surface area contributed by atoms with Crippen LogP contribution in [0.2, 0.25) is 0 Å². The van der Waals surface area contributed by atoms with Gasteiger partial charge in [-0.1, -0.05) is 0 Å². The molecular formula is C22H21F3N6O2. The topological polar surface area (TPSA) is 100 Å². The smallest absolute Gasteiger partial charge is 0.390 e. The Balaban J connectivity index is 2.03. The van der Waals surface area contributed by atoms with Crippen molar-refractivity contribution in [2.45, 2.75) is 33.0 Å². The molecule has 0 aliphatic heterocycles. The highest BCUT2D eigenvalue weighted by Crippen LogP contribution is 2.35. The molecule has 172 valence electrons. The number of fused-ring (bicyclic) bond motifs is 1. The summed E-state index contributed by atoms with van der Waals surface area (Å²) in [7, 11) is 1.55. The molecule has 0 aliphatic carbocycles. The van der Waals surface area contributed by atoms with Crippen molar-refractivity contribution in [2.75, 3.05) is 12.8 Å². The molecule has 3 aromatic heterocycles. The van der Waals surface area contributed by atoms with Gasteiger partial charge in [0.05, 0.1) is 31.3 Å². The average molecular weight is 458 g/mol. The Bertz CT molecular complexity index is 1370. The molecule has 0 unspecified atom stereocenters. The normalized spacial score (nSPS) is 11.8. The summed E-state index contributed by atoms with van der Waals surface area (Å²) in [4.78, 5) is 21.7. The van der Waals surface area contributed by atoms with E-state index >= 15 is 0 Å². The minimum atomic E-state index is -4.44. The average Bonchev–Trinajstić information content (AvgIpc) is 3.07. The van der Waals surface area contributed by atoms with Crippen molar-refractivity contribution in [3.8, 4) is 28.1 Å². The molecule has 2 N–H and O–H groups in total. The second-order valence-electron chi connectivity index (χ2n) is 7.59. The summed E-state index contributed by atoms with van der Waals surface area (Å²) < 4.78 is 45.4. The lowest BCUT2D eigenvalue weighted by atomic mass is 9.99. The molecule has 11 heteroatoms. The number of benzene rings is 1. The zero-order valence-corrected chi connectivity index (χ0v) is 18.1. The van der Waals surface area contributed by atoms with Gasteiger partial charge in [-0.25, -0.2) is 18.9 Å². The van der Waals surface area contributed by atoms with Crippen LogP contribution in [-0.4, -0.2) is 37.4 Å². The summed E-state index contributed by atoms with van der Waals surface area (Å²) in [6, 6.07) is 10.6. The number of nitrogens with two attached hydrogens (primary N) is 1. The third-order valence-electron chi connectivity index (χ3n) is 5.10. The molecule has 3 heterocycles. The van der Waals surface area contributed by atoms with Crippen molar-refractivity contribution in [3.63, 3.8) is 0 Å². The van der Waals surface area contributed by atoms with Crippen LogP contribution in [0.25, 0.3) is 28.0 Å². The first kappa shape index (κ1) is 22.3. The number of nitrogen functional groups attached to an aromatic ring is 1. The summed E-state index contributed by atoms with van der Waals surface area (Å²) in [5.74, 6) is 0.461. The number of aryl methyl sites for hydroxylation is 3. The fraction of sp³-hybridized carbons (Fsp3) is 0.273. The summed E-state index contributed by atoms with van der Waals surface area (Å²) in [6.45, 7) is 3.01. The molecule has 0 atom stereocenters. The van der Waals surface area contributed by atoms with Crippen LogP contribution in [0.1, 0.15) is 17.8 Å². The maximum absolute atomic E-state index is 12.9. The van der Waals surface area contributed by atoms with Crippen molar-refractivity contribution in [1.82, 2.24) is 24.1 Å².